The van der Waals surface area contributed by atoms with Crippen molar-refractivity contribution in [2.24, 2.45) is 4.99 Å². The van der Waals surface area contributed by atoms with E-state index in [1.165, 1.54) is 18.9 Å². The smallest absolute Gasteiger partial charge is 0.286 e. The molecule has 0 aromatic heterocycles. The maximum Gasteiger partial charge on any atom is 0.286 e. The van der Waals surface area contributed by atoms with E-state index >= 15 is 0 Å². The predicted molar refractivity (Wildman–Crippen MR) is 96.4 cm³/mol. The maximum atomic E-state index is 12.2. The first-order valence-electron chi connectivity index (χ1n) is 7.97. The van der Waals surface area contributed by atoms with Crippen molar-refractivity contribution < 1.29 is 14.6 Å². The van der Waals surface area contributed by atoms with Gasteiger partial charge in [-0.05, 0) is 42.1 Å². The molecule has 0 bridgehead atoms. The van der Waals surface area contributed by atoms with Crippen LogP contribution < -0.4 is 4.74 Å². The summed E-state index contributed by atoms with van der Waals surface area (Å²) in [7, 11) is 1.50. The number of likely N-dealkylation sites (N-methyl/N-ethyl adjacent to an activating group) is 1. The Bertz CT molecular complexity index is 694. The summed E-state index contributed by atoms with van der Waals surface area (Å²) in [4.78, 5) is 21.5. The molecule has 1 N–H and O–H groups in total. The third-order valence-corrected chi connectivity index (χ3v) is 5.25. The summed E-state index contributed by atoms with van der Waals surface area (Å²) in [6, 6.07) is 5.01. The van der Waals surface area contributed by atoms with Crippen molar-refractivity contribution in [1.82, 2.24) is 9.80 Å². The minimum atomic E-state index is -0.208. The van der Waals surface area contributed by atoms with E-state index in [-0.39, 0.29) is 11.7 Å². The topological polar surface area (TPSA) is 65.4 Å². The highest BCUT2D eigenvalue weighted by Gasteiger charge is 2.28. The van der Waals surface area contributed by atoms with Gasteiger partial charge in [0.05, 0.1) is 12.0 Å². The Balaban J connectivity index is 1.71. The molecular weight excluding hydrogens is 326 g/mol. The number of phenols is 1. The van der Waals surface area contributed by atoms with Gasteiger partial charge >= 0.3 is 0 Å². The molecule has 6 nitrogen and oxygen atoms in total. The molecule has 1 amide bonds. The summed E-state index contributed by atoms with van der Waals surface area (Å²) in [5, 5.41) is 10.4. The average molecular weight is 347 g/mol. The standard InChI is InChI=1S/C17H21N3O3S/c1-3-19-6-8-20(9-7-19)17-18-16(22)15(24-17)11-12-4-5-13(21)14(10-12)23-2/h4-5,10-11,21H,3,6-9H2,1-2H3. The van der Waals surface area contributed by atoms with Crippen molar-refractivity contribution >= 4 is 28.9 Å². The third-order valence-electron chi connectivity index (χ3n) is 4.20. The zero-order chi connectivity index (χ0) is 17.1. The van der Waals surface area contributed by atoms with Crippen molar-refractivity contribution in [3.8, 4) is 11.5 Å². The number of piperazine rings is 1. The number of carbonyl (C=O) groups is 1. The van der Waals surface area contributed by atoms with Gasteiger partial charge in [-0.3, -0.25) is 4.79 Å². The van der Waals surface area contributed by atoms with Gasteiger partial charge in [0.15, 0.2) is 16.7 Å². The quantitative estimate of drug-likeness (QED) is 0.844. The molecular formula is C17H21N3O3S. The third kappa shape index (κ3) is 3.57. The van der Waals surface area contributed by atoms with Crippen LogP contribution in [-0.4, -0.2) is 65.8 Å². The lowest BCUT2D eigenvalue weighted by Gasteiger charge is -2.34. The number of aromatic hydroxyl groups is 1. The fourth-order valence-electron chi connectivity index (χ4n) is 2.72. The van der Waals surface area contributed by atoms with Gasteiger partial charge in [0.1, 0.15) is 0 Å². The highest BCUT2D eigenvalue weighted by molar-refractivity contribution is 8.18. The van der Waals surface area contributed by atoms with E-state index in [0.717, 1.165) is 43.5 Å². The van der Waals surface area contributed by atoms with Crippen molar-refractivity contribution in [2.45, 2.75) is 6.92 Å². The molecule has 1 fully saturated rings. The highest BCUT2D eigenvalue weighted by atomic mass is 32.2. The monoisotopic (exact) mass is 347 g/mol. The van der Waals surface area contributed by atoms with Gasteiger partial charge < -0.3 is 19.6 Å². The second-order valence-corrected chi connectivity index (χ2v) is 6.67. The number of hydrogen-bond acceptors (Lipinski definition) is 6. The first-order chi connectivity index (χ1) is 11.6. The average Bonchev–Trinajstić information content (AvgIpc) is 2.97. The van der Waals surface area contributed by atoms with Gasteiger partial charge in [0.25, 0.3) is 5.91 Å². The number of amidine groups is 1. The van der Waals surface area contributed by atoms with Crippen LogP contribution >= 0.6 is 11.8 Å². The summed E-state index contributed by atoms with van der Waals surface area (Å²) in [5.74, 6) is 0.257. The molecule has 0 saturated carbocycles. The van der Waals surface area contributed by atoms with Crippen LogP contribution in [-0.2, 0) is 4.79 Å². The molecule has 2 aliphatic rings. The molecule has 128 valence electrons. The van der Waals surface area contributed by atoms with Gasteiger partial charge in [-0.2, -0.15) is 4.99 Å². The summed E-state index contributed by atoms with van der Waals surface area (Å²) >= 11 is 1.41. The van der Waals surface area contributed by atoms with Crippen molar-refractivity contribution in [2.75, 3.05) is 39.8 Å². The predicted octanol–water partition coefficient (Wildman–Crippen LogP) is 2.01. The van der Waals surface area contributed by atoms with Crippen molar-refractivity contribution in [1.29, 1.82) is 0 Å². The molecule has 0 radical (unpaired) electrons. The zero-order valence-electron chi connectivity index (χ0n) is 13.9. The Morgan fingerprint density at radius 3 is 2.75 bits per heavy atom. The molecule has 0 atom stereocenters. The molecule has 3 rings (SSSR count). The minimum Gasteiger partial charge on any atom is -0.504 e. The molecule has 7 heteroatoms. The summed E-state index contributed by atoms with van der Waals surface area (Å²) < 4.78 is 5.10. The van der Waals surface area contributed by atoms with Crippen molar-refractivity contribution in [3.63, 3.8) is 0 Å². The summed E-state index contributed by atoms with van der Waals surface area (Å²) in [6.07, 6.45) is 1.79. The fraction of sp³-hybridized carbons (Fsp3) is 0.412. The van der Waals surface area contributed by atoms with Crippen LogP contribution in [0, 0.1) is 0 Å². The van der Waals surface area contributed by atoms with Crippen LogP contribution in [0.2, 0.25) is 0 Å². The van der Waals surface area contributed by atoms with Gasteiger partial charge in [0, 0.05) is 26.2 Å². The van der Waals surface area contributed by atoms with Crippen LogP contribution in [0.3, 0.4) is 0 Å². The first kappa shape index (κ1) is 16.9. The van der Waals surface area contributed by atoms with Crippen LogP contribution in [0.1, 0.15) is 12.5 Å². The number of phenolic OH excluding ortho intramolecular Hbond substituents is 1. The number of carbonyl (C=O) groups excluding carboxylic acids is 1. The molecule has 0 unspecified atom stereocenters. The van der Waals surface area contributed by atoms with Crippen molar-refractivity contribution in [3.05, 3.63) is 28.7 Å². The number of hydrogen-bond donors (Lipinski definition) is 1. The summed E-state index contributed by atoms with van der Waals surface area (Å²) in [5.41, 5.74) is 0.799. The lowest BCUT2D eigenvalue weighted by Crippen LogP contribution is -2.47. The molecule has 1 aromatic carbocycles. The van der Waals surface area contributed by atoms with E-state index < -0.39 is 0 Å². The van der Waals surface area contributed by atoms with Crippen LogP contribution in [0.4, 0.5) is 0 Å². The molecule has 1 saturated heterocycles. The Morgan fingerprint density at radius 2 is 2.08 bits per heavy atom. The van der Waals surface area contributed by atoms with Gasteiger partial charge in [0.2, 0.25) is 0 Å². The number of thioether (sulfide) groups is 1. The molecule has 2 aliphatic heterocycles. The number of benzene rings is 1. The minimum absolute atomic E-state index is 0.0794. The summed E-state index contributed by atoms with van der Waals surface area (Å²) in [6.45, 7) is 7.01. The number of aliphatic imine (C=N–C) groups is 1. The Labute approximate surface area is 145 Å². The second kappa shape index (κ2) is 7.27. The normalized spacial score (nSPS) is 20.6. The Kier molecular flexibility index (Phi) is 5.11. The van der Waals surface area contributed by atoms with Gasteiger partial charge in [-0.25, -0.2) is 0 Å². The maximum absolute atomic E-state index is 12.2. The Morgan fingerprint density at radius 1 is 1.33 bits per heavy atom. The first-order valence-corrected chi connectivity index (χ1v) is 8.79. The van der Waals surface area contributed by atoms with Crippen LogP contribution in [0.15, 0.2) is 28.1 Å². The largest absolute Gasteiger partial charge is 0.504 e. The molecule has 24 heavy (non-hydrogen) atoms. The number of ether oxygens (including phenoxy) is 1. The lowest BCUT2D eigenvalue weighted by atomic mass is 10.2. The lowest BCUT2D eigenvalue weighted by molar-refractivity contribution is -0.113. The van der Waals surface area contributed by atoms with Gasteiger partial charge in [-0.1, -0.05) is 13.0 Å². The van der Waals surface area contributed by atoms with Crippen LogP contribution in [0.25, 0.3) is 6.08 Å². The highest BCUT2D eigenvalue weighted by Crippen LogP contribution is 2.33. The Hall–Kier alpha value is -1.99. The van der Waals surface area contributed by atoms with Crippen LogP contribution in [0.5, 0.6) is 11.5 Å². The van der Waals surface area contributed by atoms with E-state index in [2.05, 4.69) is 21.7 Å². The molecule has 2 heterocycles. The molecule has 0 spiro atoms. The van der Waals surface area contributed by atoms with E-state index in [1.54, 1.807) is 24.3 Å². The molecule has 0 aliphatic carbocycles. The number of methoxy groups -OCH3 is 1. The van der Waals surface area contributed by atoms with Gasteiger partial charge in [-0.15, -0.1) is 0 Å². The fourth-order valence-corrected chi connectivity index (χ4v) is 3.69. The van der Waals surface area contributed by atoms with E-state index in [0.29, 0.717) is 10.7 Å². The number of nitrogens with zero attached hydrogens (tertiary/aromatic N) is 3. The van der Waals surface area contributed by atoms with E-state index in [1.807, 2.05) is 0 Å². The SMILES string of the molecule is CCN1CCN(C2=NC(=O)C(=Cc3ccc(O)c(OC)c3)S2)CC1. The second-order valence-electron chi connectivity index (χ2n) is 5.66. The number of amides is 1. The zero-order valence-corrected chi connectivity index (χ0v) is 14.7. The van der Waals surface area contributed by atoms with E-state index in [4.69, 9.17) is 4.74 Å². The number of rotatable bonds is 3. The van der Waals surface area contributed by atoms with E-state index in [9.17, 15) is 9.90 Å². The molecule has 1 aromatic rings.